The van der Waals surface area contributed by atoms with E-state index in [4.69, 9.17) is 4.74 Å². The van der Waals surface area contributed by atoms with E-state index in [1.807, 2.05) is 0 Å². The largest absolute Gasteiger partial charge is 0.384 e. The van der Waals surface area contributed by atoms with Crippen LogP contribution in [0.4, 0.5) is 0 Å². The lowest BCUT2D eigenvalue weighted by atomic mass is 9.72. The number of amides is 1. The molecule has 1 aromatic carbocycles. The van der Waals surface area contributed by atoms with Gasteiger partial charge in [-0.25, -0.2) is 0 Å². The van der Waals surface area contributed by atoms with Crippen molar-refractivity contribution >= 4 is 18.3 Å². The van der Waals surface area contributed by atoms with Crippen LogP contribution in [-0.4, -0.2) is 39.3 Å². The number of fused-ring (bicyclic) bond motifs is 1. The molecule has 1 amide bonds. The quantitative estimate of drug-likeness (QED) is 0.842. The Hall–Kier alpha value is -1.10. The molecule has 4 nitrogen and oxygen atoms in total. The summed E-state index contributed by atoms with van der Waals surface area (Å²) in [4.78, 5) is 13.0. The lowest BCUT2D eigenvalue weighted by Gasteiger charge is -2.39. The Morgan fingerprint density at radius 2 is 1.88 bits per heavy atom. The molecule has 25 heavy (non-hydrogen) atoms. The van der Waals surface area contributed by atoms with Crippen molar-refractivity contribution in [3.63, 3.8) is 0 Å². The molecule has 0 saturated carbocycles. The van der Waals surface area contributed by atoms with E-state index in [2.05, 4.69) is 41.8 Å². The molecule has 1 saturated heterocycles. The van der Waals surface area contributed by atoms with Gasteiger partial charge in [-0.05, 0) is 56.3 Å². The number of hydrogen-bond acceptors (Lipinski definition) is 3. The maximum atomic E-state index is 13.0. The number of carbonyl (C=O) groups excluding carboxylic acids is 1. The van der Waals surface area contributed by atoms with Crippen LogP contribution in [0.2, 0.25) is 0 Å². The van der Waals surface area contributed by atoms with E-state index in [1.165, 1.54) is 11.1 Å². The highest BCUT2D eigenvalue weighted by molar-refractivity contribution is 5.85. The van der Waals surface area contributed by atoms with Crippen molar-refractivity contribution in [3.8, 4) is 0 Å². The molecule has 1 aliphatic heterocycles. The van der Waals surface area contributed by atoms with Gasteiger partial charge in [-0.3, -0.25) is 4.79 Å². The van der Waals surface area contributed by atoms with Crippen LogP contribution in [0.5, 0.6) is 0 Å². The maximum Gasteiger partial charge on any atom is 0.226 e. The Labute approximate surface area is 157 Å². The Kier molecular flexibility index (Phi) is 6.89. The highest BCUT2D eigenvalue weighted by Gasteiger charge is 2.39. The summed E-state index contributed by atoms with van der Waals surface area (Å²) >= 11 is 0. The summed E-state index contributed by atoms with van der Waals surface area (Å²) in [5.74, 6) is 0.200. The second kappa shape index (κ2) is 8.52. The Balaban J connectivity index is 0.00000225. The monoisotopic (exact) mass is 366 g/mol. The van der Waals surface area contributed by atoms with E-state index in [1.54, 1.807) is 7.11 Å². The summed E-state index contributed by atoms with van der Waals surface area (Å²) in [5, 5.41) is 6.67. The van der Waals surface area contributed by atoms with Gasteiger partial charge in [0.05, 0.1) is 12.0 Å². The Morgan fingerprint density at radius 1 is 1.20 bits per heavy atom. The standard InChI is InChI=1S/C20H30N2O2.ClH/c1-19(8-7-16-5-3-4-6-17(16)13-19)18(23)22-14-20(15-24-2)9-11-21-12-10-20;/h3-6,21H,7-15H2,1-2H3,(H,22,23);1H. The summed E-state index contributed by atoms with van der Waals surface area (Å²) in [6.45, 7) is 5.56. The molecule has 2 N–H and O–H groups in total. The van der Waals surface area contributed by atoms with Crippen molar-refractivity contribution in [1.29, 1.82) is 0 Å². The molecule has 3 rings (SSSR count). The maximum absolute atomic E-state index is 13.0. The number of halogens is 1. The van der Waals surface area contributed by atoms with Gasteiger partial charge in [0.1, 0.15) is 0 Å². The molecule has 2 aliphatic rings. The number of aryl methyl sites for hydroxylation is 1. The van der Waals surface area contributed by atoms with Gasteiger partial charge in [-0.2, -0.15) is 0 Å². The minimum Gasteiger partial charge on any atom is -0.384 e. The van der Waals surface area contributed by atoms with E-state index >= 15 is 0 Å². The molecule has 140 valence electrons. The van der Waals surface area contributed by atoms with Crippen LogP contribution in [-0.2, 0) is 22.4 Å². The molecular formula is C20H31ClN2O2. The first-order valence-electron chi connectivity index (χ1n) is 9.12. The first kappa shape index (κ1) is 20.2. The van der Waals surface area contributed by atoms with Crippen LogP contribution in [0.25, 0.3) is 0 Å². The third-order valence-corrected chi connectivity index (χ3v) is 5.93. The Bertz CT molecular complexity index is 581. The number of nitrogens with one attached hydrogen (secondary N) is 2. The molecule has 0 aromatic heterocycles. The molecule has 0 radical (unpaired) electrons. The fourth-order valence-electron chi connectivity index (χ4n) is 4.20. The molecule has 1 aliphatic carbocycles. The number of benzene rings is 1. The average molecular weight is 367 g/mol. The average Bonchev–Trinajstić information content (AvgIpc) is 2.60. The van der Waals surface area contributed by atoms with Crippen molar-refractivity contribution in [2.24, 2.45) is 10.8 Å². The van der Waals surface area contributed by atoms with Crippen molar-refractivity contribution in [2.45, 2.75) is 39.0 Å². The normalized spacial score (nSPS) is 24.7. The third kappa shape index (κ3) is 4.55. The predicted octanol–water partition coefficient (Wildman–Crippen LogP) is 2.74. The van der Waals surface area contributed by atoms with Gasteiger partial charge in [0.2, 0.25) is 5.91 Å². The molecule has 1 atom stereocenters. The zero-order chi connectivity index (χ0) is 17.0. The van der Waals surface area contributed by atoms with Crippen LogP contribution >= 0.6 is 12.4 Å². The van der Waals surface area contributed by atoms with Crippen LogP contribution in [0.15, 0.2) is 24.3 Å². The number of piperidine rings is 1. The number of hydrogen-bond donors (Lipinski definition) is 2. The van der Waals surface area contributed by atoms with Gasteiger partial charge in [-0.15, -0.1) is 12.4 Å². The second-order valence-electron chi connectivity index (χ2n) is 7.87. The van der Waals surface area contributed by atoms with Crippen molar-refractivity contribution in [3.05, 3.63) is 35.4 Å². The van der Waals surface area contributed by atoms with Gasteiger partial charge in [0.25, 0.3) is 0 Å². The molecule has 1 heterocycles. The summed E-state index contributed by atoms with van der Waals surface area (Å²) in [6.07, 6.45) is 4.87. The smallest absolute Gasteiger partial charge is 0.226 e. The summed E-state index contributed by atoms with van der Waals surface area (Å²) in [5.41, 5.74) is 2.51. The van der Waals surface area contributed by atoms with E-state index in [-0.39, 0.29) is 29.1 Å². The Morgan fingerprint density at radius 3 is 2.56 bits per heavy atom. The fraction of sp³-hybridized carbons (Fsp3) is 0.650. The number of methoxy groups -OCH3 is 1. The first-order valence-corrected chi connectivity index (χ1v) is 9.12. The van der Waals surface area contributed by atoms with Crippen molar-refractivity contribution < 1.29 is 9.53 Å². The van der Waals surface area contributed by atoms with Crippen LogP contribution in [0.3, 0.4) is 0 Å². The SMILES string of the molecule is COCC1(CNC(=O)C2(C)CCc3ccccc3C2)CCNCC1.Cl. The number of rotatable bonds is 5. The minimum absolute atomic E-state index is 0. The van der Waals surface area contributed by atoms with Gasteiger partial charge in [0.15, 0.2) is 0 Å². The number of ether oxygens (including phenoxy) is 1. The summed E-state index contributed by atoms with van der Waals surface area (Å²) in [6, 6.07) is 8.52. The lowest BCUT2D eigenvalue weighted by molar-refractivity contribution is -0.131. The zero-order valence-electron chi connectivity index (χ0n) is 15.4. The van der Waals surface area contributed by atoms with Gasteiger partial charge in [0, 0.05) is 19.1 Å². The van der Waals surface area contributed by atoms with Crippen LogP contribution < -0.4 is 10.6 Å². The third-order valence-electron chi connectivity index (χ3n) is 5.93. The summed E-state index contributed by atoms with van der Waals surface area (Å²) < 4.78 is 5.45. The predicted molar refractivity (Wildman–Crippen MR) is 103 cm³/mol. The van der Waals surface area contributed by atoms with Gasteiger partial charge in [-0.1, -0.05) is 31.2 Å². The molecule has 1 aromatic rings. The number of carbonyl (C=O) groups is 1. The lowest BCUT2D eigenvalue weighted by Crippen LogP contribution is -2.50. The van der Waals surface area contributed by atoms with E-state index in [0.717, 1.165) is 51.7 Å². The van der Waals surface area contributed by atoms with E-state index in [0.29, 0.717) is 6.61 Å². The van der Waals surface area contributed by atoms with E-state index < -0.39 is 0 Å². The summed E-state index contributed by atoms with van der Waals surface area (Å²) in [7, 11) is 1.75. The van der Waals surface area contributed by atoms with Crippen molar-refractivity contribution in [2.75, 3.05) is 33.4 Å². The van der Waals surface area contributed by atoms with Crippen LogP contribution in [0, 0.1) is 10.8 Å². The molecule has 1 unspecified atom stereocenters. The minimum atomic E-state index is -0.296. The molecule has 1 fully saturated rings. The van der Waals surface area contributed by atoms with Gasteiger partial charge < -0.3 is 15.4 Å². The van der Waals surface area contributed by atoms with Crippen molar-refractivity contribution in [1.82, 2.24) is 10.6 Å². The molecule has 0 bridgehead atoms. The van der Waals surface area contributed by atoms with Crippen LogP contribution in [0.1, 0.15) is 37.3 Å². The molecule has 0 spiro atoms. The highest BCUT2D eigenvalue weighted by Crippen LogP contribution is 2.36. The highest BCUT2D eigenvalue weighted by atomic mass is 35.5. The molecular weight excluding hydrogens is 336 g/mol. The zero-order valence-corrected chi connectivity index (χ0v) is 16.2. The molecule has 5 heteroatoms. The van der Waals surface area contributed by atoms with Gasteiger partial charge >= 0.3 is 0 Å². The second-order valence-corrected chi connectivity index (χ2v) is 7.87. The van der Waals surface area contributed by atoms with E-state index in [9.17, 15) is 4.79 Å². The topological polar surface area (TPSA) is 50.4 Å². The first-order chi connectivity index (χ1) is 11.6. The fourth-order valence-corrected chi connectivity index (χ4v) is 4.20.